The van der Waals surface area contributed by atoms with E-state index in [2.05, 4.69) is 0 Å². The molecule has 0 saturated carbocycles. The van der Waals surface area contributed by atoms with Gasteiger partial charge in [-0.25, -0.2) is 4.39 Å². The molecule has 0 radical (unpaired) electrons. The smallest absolute Gasteiger partial charge is 0.270 e. The molecular formula is C20H12FNO2S2. The van der Waals surface area contributed by atoms with Crippen LogP contribution in [0.25, 0.3) is 17.4 Å². The van der Waals surface area contributed by atoms with Crippen molar-refractivity contribution in [2.45, 2.75) is 0 Å². The summed E-state index contributed by atoms with van der Waals surface area (Å²) in [6, 6.07) is 19.2. The summed E-state index contributed by atoms with van der Waals surface area (Å²) in [5, 5.41) is 0. The molecule has 1 fully saturated rings. The zero-order valence-electron chi connectivity index (χ0n) is 13.4. The fourth-order valence-corrected chi connectivity index (χ4v) is 3.90. The van der Waals surface area contributed by atoms with Crippen molar-refractivity contribution < 1.29 is 13.6 Å². The molecule has 1 aromatic heterocycles. The molecule has 1 amide bonds. The number of benzene rings is 2. The Kier molecular flexibility index (Phi) is 4.44. The Balaban J connectivity index is 1.62. The zero-order valence-corrected chi connectivity index (χ0v) is 15.0. The van der Waals surface area contributed by atoms with Gasteiger partial charge in [-0.05, 0) is 30.3 Å². The van der Waals surface area contributed by atoms with Crippen molar-refractivity contribution in [3.8, 4) is 11.3 Å². The number of nitrogens with zero attached hydrogens (tertiary/aromatic N) is 1. The second kappa shape index (κ2) is 6.90. The van der Waals surface area contributed by atoms with Crippen LogP contribution in [0.4, 0.5) is 10.1 Å². The van der Waals surface area contributed by atoms with Crippen LogP contribution >= 0.6 is 24.0 Å². The quantitative estimate of drug-likeness (QED) is 0.444. The number of anilines is 1. The van der Waals surface area contributed by atoms with Gasteiger partial charge in [0.1, 0.15) is 17.3 Å². The minimum Gasteiger partial charge on any atom is -0.457 e. The van der Waals surface area contributed by atoms with Crippen LogP contribution < -0.4 is 4.90 Å². The van der Waals surface area contributed by atoms with Crippen molar-refractivity contribution >= 4 is 46.0 Å². The Labute approximate surface area is 159 Å². The number of amides is 1. The molecule has 2 aromatic carbocycles. The molecule has 26 heavy (non-hydrogen) atoms. The Morgan fingerprint density at radius 3 is 2.62 bits per heavy atom. The van der Waals surface area contributed by atoms with E-state index in [1.54, 1.807) is 24.3 Å². The summed E-state index contributed by atoms with van der Waals surface area (Å²) in [5.41, 5.74) is 1.37. The number of hydrogen-bond donors (Lipinski definition) is 0. The summed E-state index contributed by atoms with van der Waals surface area (Å²) in [4.78, 5) is 14.5. The van der Waals surface area contributed by atoms with Crippen molar-refractivity contribution in [2.24, 2.45) is 0 Å². The fraction of sp³-hybridized carbons (Fsp3) is 0. The maximum absolute atomic E-state index is 13.5. The number of thiocarbonyl (C=S) groups is 1. The summed E-state index contributed by atoms with van der Waals surface area (Å²) in [5.74, 6) is 0.573. The monoisotopic (exact) mass is 381 g/mol. The summed E-state index contributed by atoms with van der Waals surface area (Å²) >= 11 is 6.46. The highest BCUT2D eigenvalue weighted by Crippen LogP contribution is 2.36. The first-order valence-corrected chi connectivity index (χ1v) is 9.03. The van der Waals surface area contributed by atoms with E-state index >= 15 is 0 Å². The second-order valence-corrected chi connectivity index (χ2v) is 7.24. The van der Waals surface area contributed by atoms with E-state index in [9.17, 15) is 9.18 Å². The lowest BCUT2D eigenvalue weighted by Gasteiger charge is -2.14. The number of furan rings is 1. The lowest BCUT2D eigenvalue weighted by Crippen LogP contribution is -2.27. The molecule has 1 aliphatic heterocycles. The van der Waals surface area contributed by atoms with Gasteiger partial charge in [0, 0.05) is 11.6 Å². The standard InChI is InChI=1S/C20H12FNO2S2/c21-14-7-4-8-15(11-14)22-19(23)18(26-20(22)25)12-16-9-10-17(24-16)13-5-2-1-3-6-13/h1-12H. The predicted molar refractivity (Wildman–Crippen MR) is 106 cm³/mol. The molecule has 3 nitrogen and oxygen atoms in total. The Bertz CT molecular complexity index is 1030. The number of hydrogen-bond acceptors (Lipinski definition) is 4. The van der Waals surface area contributed by atoms with Crippen molar-refractivity contribution in [3.63, 3.8) is 0 Å². The number of thioether (sulfide) groups is 1. The van der Waals surface area contributed by atoms with Gasteiger partial charge >= 0.3 is 0 Å². The van der Waals surface area contributed by atoms with Crippen LogP contribution in [0.5, 0.6) is 0 Å². The Morgan fingerprint density at radius 2 is 1.85 bits per heavy atom. The molecule has 4 rings (SSSR count). The normalized spacial score (nSPS) is 15.9. The molecule has 0 aliphatic carbocycles. The van der Waals surface area contributed by atoms with E-state index in [-0.39, 0.29) is 5.91 Å². The average Bonchev–Trinajstić information content (AvgIpc) is 3.21. The van der Waals surface area contributed by atoms with Gasteiger partial charge in [0.25, 0.3) is 5.91 Å². The van der Waals surface area contributed by atoms with Crippen molar-refractivity contribution in [2.75, 3.05) is 4.90 Å². The van der Waals surface area contributed by atoms with E-state index in [1.807, 2.05) is 36.4 Å². The molecule has 0 spiro atoms. The molecule has 128 valence electrons. The molecule has 2 heterocycles. The third-order valence-electron chi connectivity index (χ3n) is 3.82. The third kappa shape index (κ3) is 3.21. The van der Waals surface area contributed by atoms with Crippen molar-refractivity contribution in [1.82, 2.24) is 0 Å². The van der Waals surface area contributed by atoms with Crippen LogP contribution in [0.3, 0.4) is 0 Å². The molecular weight excluding hydrogens is 369 g/mol. The van der Waals surface area contributed by atoms with E-state index in [0.29, 0.717) is 20.7 Å². The summed E-state index contributed by atoms with van der Waals surface area (Å²) < 4.78 is 19.6. The molecule has 1 saturated heterocycles. The highest BCUT2D eigenvalue weighted by molar-refractivity contribution is 8.27. The maximum Gasteiger partial charge on any atom is 0.270 e. The molecule has 6 heteroatoms. The number of carbonyl (C=O) groups excluding carboxylic acids is 1. The zero-order chi connectivity index (χ0) is 18.1. The topological polar surface area (TPSA) is 33.5 Å². The number of halogens is 1. The highest BCUT2D eigenvalue weighted by Gasteiger charge is 2.33. The SMILES string of the molecule is O=C1C(=Cc2ccc(-c3ccccc3)o2)SC(=S)N1c1cccc(F)c1. The van der Waals surface area contributed by atoms with Gasteiger partial charge in [-0.1, -0.05) is 60.4 Å². The first kappa shape index (κ1) is 16.8. The minimum absolute atomic E-state index is 0.289. The second-order valence-electron chi connectivity index (χ2n) is 5.57. The van der Waals surface area contributed by atoms with Gasteiger partial charge in [-0.3, -0.25) is 9.69 Å². The Morgan fingerprint density at radius 1 is 1.04 bits per heavy atom. The van der Waals surface area contributed by atoms with Crippen LogP contribution in [-0.2, 0) is 4.79 Å². The van der Waals surface area contributed by atoms with Gasteiger partial charge in [0.15, 0.2) is 4.32 Å². The van der Waals surface area contributed by atoms with Crippen LogP contribution in [0.1, 0.15) is 5.76 Å². The Hall–Kier alpha value is -2.70. The van der Waals surface area contributed by atoms with Gasteiger partial charge < -0.3 is 4.42 Å². The van der Waals surface area contributed by atoms with Crippen LogP contribution in [-0.4, -0.2) is 10.2 Å². The van der Waals surface area contributed by atoms with Gasteiger partial charge in [-0.2, -0.15) is 0 Å². The largest absolute Gasteiger partial charge is 0.457 e. The first-order chi connectivity index (χ1) is 12.6. The van der Waals surface area contributed by atoms with Crippen LogP contribution in [0, 0.1) is 5.82 Å². The van der Waals surface area contributed by atoms with Crippen LogP contribution in [0.2, 0.25) is 0 Å². The summed E-state index contributed by atoms with van der Waals surface area (Å²) in [6.07, 6.45) is 1.66. The molecule has 0 bridgehead atoms. The van der Waals surface area contributed by atoms with Gasteiger partial charge in [-0.15, -0.1) is 0 Å². The molecule has 0 atom stereocenters. The molecule has 0 N–H and O–H groups in total. The van der Waals surface area contributed by atoms with Crippen molar-refractivity contribution in [3.05, 3.63) is 83.2 Å². The lowest BCUT2D eigenvalue weighted by molar-refractivity contribution is -0.113. The highest BCUT2D eigenvalue weighted by atomic mass is 32.2. The van der Waals surface area contributed by atoms with E-state index in [0.717, 1.165) is 11.3 Å². The van der Waals surface area contributed by atoms with Crippen LogP contribution in [0.15, 0.2) is 76.1 Å². The summed E-state index contributed by atoms with van der Waals surface area (Å²) in [6.45, 7) is 0. The first-order valence-electron chi connectivity index (χ1n) is 7.80. The molecule has 3 aromatic rings. The van der Waals surface area contributed by atoms with E-state index < -0.39 is 5.82 Å². The third-order valence-corrected chi connectivity index (χ3v) is 5.12. The maximum atomic E-state index is 13.5. The summed E-state index contributed by atoms with van der Waals surface area (Å²) in [7, 11) is 0. The average molecular weight is 381 g/mol. The lowest BCUT2D eigenvalue weighted by atomic mass is 10.2. The molecule has 1 aliphatic rings. The fourth-order valence-electron chi connectivity index (χ4n) is 2.62. The molecule has 0 unspecified atom stereocenters. The van der Waals surface area contributed by atoms with Gasteiger partial charge in [0.05, 0.1) is 10.6 Å². The van der Waals surface area contributed by atoms with E-state index in [4.69, 9.17) is 16.6 Å². The minimum atomic E-state index is -0.418. The number of rotatable bonds is 3. The number of carbonyl (C=O) groups is 1. The van der Waals surface area contributed by atoms with Gasteiger partial charge in [0.2, 0.25) is 0 Å². The van der Waals surface area contributed by atoms with E-state index in [1.165, 1.54) is 28.8 Å². The van der Waals surface area contributed by atoms with Crippen molar-refractivity contribution in [1.29, 1.82) is 0 Å². The predicted octanol–water partition coefficient (Wildman–Crippen LogP) is 5.49.